The predicted molar refractivity (Wildman–Crippen MR) is 159 cm³/mol. The second-order valence-electron chi connectivity index (χ2n) is 8.94. The van der Waals surface area contributed by atoms with E-state index in [2.05, 4.69) is 133 Å². The van der Waals surface area contributed by atoms with Gasteiger partial charge in [-0.2, -0.15) is 0 Å². The van der Waals surface area contributed by atoms with E-state index < -0.39 is 0 Å². The van der Waals surface area contributed by atoms with Crippen molar-refractivity contribution in [1.29, 1.82) is 0 Å². The number of thiophene rings is 2. The van der Waals surface area contributed by atoms with E-state index in [1.165, 1.54) is 63.3 Å². The van der Waals surface area contributed by atoms with Gasteiger partial charge in [-0.05, 0) is 57.3 Å². The molecule has 0 saturated carbocycles. The molecule has 0 amide bonds. The Kier molecular flexibility index (Phi) is 5.27. The molecule has 0 fully saturated rings. The van der Waals surface area contributed by atoms with Crippen molar-refractivity contribution in [3.05, 3.63) is 133 Å². The van der Waals surface area contributed by atoms with Crippen molar-refractivity contribution in [3.63, 3.8) is 0 Å². The molecule has 36 heavy (non-hydrogen) atoms. The average Bonchev–Trinajstić information content (AvgIpc) is 3.57. The van der Waals surface area contributed by atoms with Crippen molar-refractivity contribution in [2.75, 3.05) is 0 Å². The first-order valence-corrected chi connectivity index (χ1v) is 13.7. The Labute approximate surface area is 218 Å². The molecule has 170 valence electrons. The average molecular weight is 495 g/mol. The van der Waals surface area contributed by atoms with Gasteiger partial charge in [-0.3, -0.25) is 0 Å². The Bertz CT molecular complexity index is 1760. The zero-order valence-corrected chi connectivity index (χ0v) is 21.2. The summed E-state index contributed by atoms with van der Waals surface area (Å²) < 4.78 is 2.64. The third-order valence-electron chi connectivity index (χ3n) is 6.72. The Morgan fingerprint density at radius 2 is 0.861 bits per heavy atom. The van der Waals surface area contributed by atoms with Crippen molar-refractivity contribution >= 4 is 42.8 Å². The van der Waals surface area contributed by atoms with Gasteiger partial charge in [0.25, 0.3) is 0 Å². The van der Waals surface area contributed by atoms with Crippen LogP contribution in [0.25, 0.3) is 63.3 Å². The van der Waals surface area contributed by atoms with Crippen LogP contribution in [0.2, 0.25) is 0 Å². The van der Waals surface area contributed by atoms with Gasteiger partial charge < -0.3 is 0 Å². The SMILES string of the molecule is c1ccc(-c2ccc(-c3cc4ccccc4s3)c(-c3cc4ccccc4s3)c2-c2ccccc2)cc1. The van der Waals surface area contributed by atoms with E-state index in [1.807, 2.05) is 22.7 Å². The molecule has 2 heterocycles. The van der Waals surface area contributed by atoms with E-state index in [-0.39, 0.29) is 0 Å². The second-order valence-corrected chi connectivity index (χ2v) is 11.1. The van der Waals surface area contributed by atoms with Crippen molar-refractivity contribution in [2.45, 2.75) is 0 Å². The zero-order chi connectivity index (χ0) is 23.9. The fourth-order valence-electron chi connectivity index (χ4n) is 5.05. The second kappa shape index (κ2) is 8.91. The largest absolute Gasteiger partial charge is 0.135 e. The molecule has 0 radical (unpaired) electrons. The normalized spacial score (nSPS) is 11.3. The van der Waals surface area contributed by atoms with Gasteiger partial charge in [-0.15, -0.1) is 22.7 Å². The highest BCUT2D eigenvalue weighted by Crippen LogP contribution is 2.50. The van der Waals surface area contributed by atoms with E-state index in [1.54, 1.807) is 0 Å². The van der Waals surface area contributed by atoms with Gasteiger partial charge in [0, 0.05) is 30.3 Å². The molecule has 0 spiro atoms. The Morgan fingerprint density at radius 1 is 0.361 bits per heavy atom. The molecular weight excluding hydrogens is 473 g/mol. The zero-order valence-electron chi connectivity index (χ0n) is 19.5. The smallest absolute Gasteiger partial charge is 0.0368 e. The summed E-state index contributed by atoms with van der Waals surface area (Å²) in [6.45, 7) is 0. The minimum atomic E-state index is 1.24. The van der Waals surface area contributed by atoms with Gasteiger partial charge >= 0.3 is 0 Å². The maximum Gasteiger partial charge on any atom is 0.0368 e. The summed E-state index contributed by atoms with van der Waals surface area (Å²) in [5.74, 6) is 0. The molecule has 7 aromatic rings. The third kappa shape index (κ3) is 3.67. The van der Waals surface area contributed by atoms with Gasteiger partial charge in [0.05, 0.1) is 0 Å². The summed E-state index contributed by atoms with van der Waals surface area (Å²) in [6, 6.07) is 48.4. The fourth-order valence-corrected chi connectivity index (χ4v) is 7.27. The van der Waals surface area contributed by atoms with Gasteiger partial charge in [0.2, 0.25) is 0 Å². The number of benzene rings is 5. The van der Waals surface area contributed by atoms with Crippen molar-refractivity contribution in [1.82, 2.24) is 0 Å². The molecule has 0 saturated heterocycles. The topological polar surface area (TPSA) is 0 Å². The minimum Gasteiger partial charge on any atom is -0.135 e. The molecule has 2 aromatic heterocycles. The van der Waals surface area contributed by atoms with Gasteiger partial charge in [-0.1, -0.05) is 109 Å². The molecule has 7 rings (SSSR count). The summed E-state index contributed by atoms with van der Waals surface area (Å²) in [6.07, 6.45) is 0. The maximum absolute atomic E-state index is 2.37. The summed E-state index contributed by atoms with van der Waals surface area (Å²) in [4.78, 5) is 2.61. The van der Waals surface area contributed by atoms with Crippen LogP contribution in [-0.4, -0.2) is 0 Å². The Morgan fingerprint density at radius 3 is 1.50 bits per heavy atom. The predicted octanol–water partition coefficient (Wildman–Crippen LogP) is 10.8. The number of hydrogen-bond donors (Lipinski definition) is 0. The van der Waals surface area contributed by atoms with E-state index in [9.17, 15) is 0 Å². The van der Waals surface area contributed by atoms with E-state index in [0.29, 0.717) is 0 Å². The lowest BCUT2D eigenvalue weighted by Crippen LogP contribution is -1.92. The van der Waals surface area contributed by atoms with Crippen LogP contribution in [0, 0.1) is 0 Å². The minimum absolute atomic E-state index is 1.24. The van der Waals surface area contributed by atoms with Crippen LogP contribution in [0.1, 0.15) is 0 Å². The van der Waals surface area contributed by atoms with Crippen molar-refractivity contribution in [2.24, 2.45) is 0 Å². The first-order chi connectivity index (χ1) is 17.8. The summed E-state index contributed by atoms with van der Waals surface area (Å²) >= 11 is 3.76. The van der Waals surface area contributed by atoms with Gasteiger partial charge in [0.1, 0.15) is 0 Å². The molecule has 2 heteroatoms. The lowest BCUT2D eigenvalue weighted by atomic mass is 9.86. The molecule has 0 atom stereocenters. The first-order valence-electron chi connectivity index (χ1n) is 12.1. The molecular formula is C34H22S2. The Balaban J connectivity index is 1.61. The molecule has 0 N–H and O–H groups in total. The molecule has 0 aliphatic carbocycles. The quantitative estimate of drug-likeness (QED) is 0.228. The van der Waals surface area contributed by atoms with Crippen LogP contribution in [0.3, 0.4) is 0 Å². The highest BCUT2D eigenvalue weighted by molar-refractivity contribution is 7.23. The lowest BCUT2D eigenvalue weighted by Gasteiger charge is -2.19. The van der Waals surface area contributed by atoms with Crippen molar-refractivity contribution < 1.29 is 0 Å². The highest BCUT2D eigenvalue weighted by atomic mass is 32.1. The van der Waals surface area contributed by atoms with E-state index in [0.717, 1.165) is 0 Å². The molecule has 0 aliphatic heterocycles. The van der Waals surface area contributed by atoms with Crippen LogP contribution in [0.5, 0.6) is 0 Å². The maximum atomic E-state index is 2.37. The van der Waals surface area contributed by atoms with Crippen LogP contribution in [0.4, 0.5) is 0 Å². The van der Waals surface area contributed by atoms with E-state index >= 15 is 0 Å². The highest BCUT2D eigenvalue weighted by Gasteiger charge is 2.21. The molecule has 0 bridgehead atoms. The molecule has 0 nitrogen and oxygen atoms in total. The monoisotopic (exact) mass is 494 g/mol. The Hall–Kier alpha value is -3.98. The van der Waals surface area contributed by atoms with E-state index in [4.69, 9.17) is 0 Å². The standard InChI is InChI=1S/C34H22S2/c1-3-11-23(12-4-1)27-19-20-28(31-21-25-15-7-9-17-29(25)35-31)34(33(27)24-13-5-2-6-14-24)32-22-26-16-8-10-18-30(26)36-32/h1-22H. The summed E-state index contributed by atoms with van der Waals surface area (Å²) in [5.41, 5.74) is 7.65. The van der Waals surface area contributed by atoms with Crippen molar-refractivity contribution in [3.8, 4) is 43.1 Å². The van der Waals surface area contributed by atoms with Crippen LogP contribution in [-0.2, 0) is 0 Å². The van der Waals surface area contributed by atoms with Crippen LogP contribution >= 0.6 is 22.7 Å². The first kappa shape index (κ1) is 21.3. The molecule has 0 unspecified atom stereocenters. The number of fused-ring (bicyclic) bond motifs is 2. The van der Waals surface area contributed by atoms with Gasteiger partial charge in [-0.25, -0.2) is 0 Å². The summed E-state index contributed by atoms with van der Waals surface area (Å²) in [5, 5.41) is 2.59. The lowest BCUT2D eigenvalue weighted by molar-refractivity contribution is 1.58. The number of hydrogen-bond acceptors (Lipinski definition) is 2. The van der Waals surface area contributed by atoms with Crippen LogP contribution < -0.4 is 0 Å². The number of rotatable bonds is 4. The van der Waals surface area contributed by atoms with Gasteiger partial charge in [0.15, 0.2) is 0 Å². The molecule has 5 aromatic carbocycles. The summed E-state index contributed by atoms with van der Waals surface area (Å²) in [7, 11) is 0. The third-order valence-corrected chi connectivity index (χ3v) is 9.00. The van der Waals surface area contributed by atoms with Crippen LogP contribution in [0.15, 0.2) is 133 Å². The molecule has 0 aliphatic rings. The fraction of sp³-hybridized carbons (Fsp3) is 0.